The number of nitrogens with one attached hydrogen (secondary N) is 2. The van der Waals surface area contributed by atoms with Gasteiger partial charge in [0.25, 0.3) is 0 Å². The summed E-state index contributed by atoms with van der Waals surface area (Å²) in [7, 11) is 0. The minimum atomic E-state index is -0.375. The zero-order valence-electron chi connectivity index (χ0n) is 12.5. The fourth-order valence-electron chi connectivity index (χ4n) is 2.90. The van der Waals surface area contributed by atoms with Crippen molar-refractivity contribution in [3.05, 3.63) is 65.2 Å². The van der Waals surface area contributed by atoms with Crippen LogP contribution in [-0.4, -0.2) is 23.7 Å². The number of anilines is 1. The van der Waals surface area contributed by atoms with E-state index in [4.69, 9.17) is 0 Å². The lowest BCUT2D eigenvalue weighted by molar-refractivity contribution is -0.122. The summed E-state index contributed by atoms with van der Waals surface area (Å²) < 4.78 is 0. The van der Waals surface area contributed by atoms with Crippen molar-refractivity contribution in [1.29, 1.82) is 0 Å². The first-order valence-electron chi connectivity index (χ1n) is 7.50. The maximum Gasteiger partial charge on any atom is 0.243 e. The number of carbonyl (C=O) groups is 1. The summed E-state index contributed by atoms with van der Waals surface area (Å²) in [5, 5.41) is 15.8. The highest BCUT2D eigenvalue weighted by Gasteiger charge is 2.28. The molecule has 2 unspecified atom stereocenters. The van der Waals surface area contributed by atoms with Crippen LogP contribution in [0.5, 0.6) is 0 Å². The highest BCUT2D eigenvalue weighted by Crippen LogP contribution is 2.29. The minimum Gasteiger partial charge on any atom is -0.394 e. The summed E-state index contributed by atoms with van der Waals surface area (Å²) in [4.78, 5) is 12.5. The van der Waals surface area contributed by atoms with Gasteiger partial charge in [0.05, 0.1) is 12.6 Å². The first-order chi connectivity index (χ1) is 10.7. The van der Waals surface area contributed by atoms with Crippen molar-refractivity contribution < 1.29 is 9.90 Å². The topological polar surface area (TPSA) is 61.4 Å². The van der Waals surface area contributed by atoms with Gasteiger partial charge in [0.15, 0.2) is 0 Å². The predicted molar refractivity (Wildman–Crippen MR) is 86.7 cm³/mol. The molecule has 0 radical (unpaired) electrons. The van der Waals surface area contributed by atoms with Crippen molar-refractivity contribution in [3.8, 4) is 0 Å². The number of fused-ring (bicyclic) bond motifs is 1. The van der Waals surface area contributed by atoms with Crippen LogP contribution in [0.3, 0.4) is 0 Å². The molecule has 4 nitrogen and oxygen atoms in total. The van der Waals surface area contributed by atoms with E-state index in [0.29, 0.717) is 6.42 Å². The normalized spacial score (nSPS) is 17.5. The second kappa shape index (κ2) is 6.20. The molecule has 0 bridgehead atoms. The number of aliphatic hydroxyl groups is 1. The third-order valence-electron chi connectivity index (χ3n) is 4.12. The number of para-hydroxylation sites is 1. The molecule has 0 aromatic heterocycles. The van der Waals surface area contributed by atoms with Crippen molar-refractivity contribution in [3.63, 3.8) is 0 Å². The molecule has 2 aromatic carbocycles. The Bertz CT molecular complexity index is 670. The lowest BCUT2D eigenvalue weighted by Crippen LogP contribution is -2.41. The van der Waals surface area contributed by atoms with Gasteiger partial charge in [0.1, 0.15) is 6.04 Å². The van der Waals surface area contributed by atoms with Crippen LogP contribution in [0, 0.1) is 6.92 Å². The zero-order valence-corrected chi connectivity index (χ0v) is 12.5. The van der Waals surface area contributed by atoms with Gasteiger partial charge < -0.3 is 15.7 Å². The van der Waals surface area contributed by atoms with Crippen molar-refractivity contribution >= 4 is 11.6 Å². The lowest BCUT2D eigenvalue weighted by Gasteiger charge is -2.20. The number of amides is 1. The van der Waals surface area contributed by atoms with E-state index in [1.807, 2.05) is 55.5 Å². The maximum atomic E-state index is 12.5. The van der Waals surface area contributed by atoms with Crippen LogP contribution in [0.2, 0.25) is 0 Å². The highest BCUT2D eigenvalue weighted by molar-refractivity contribution is 5.88. The summed E-state index contributed by atoms with van der Waals surface area (Å²) >= 11 is 0. The smallest absolute Gasteiger partial charge is 0.243 e. The molecule has 3 rings (SSSR count). The van der Waals surface area contributed by atoms with E-state index in [1.54, 1.807) is 0 Å². The van der Waals surface area contributed by atoms with Gasteiger partial charge in [-0.25, -0.2) is 0 Å². The predicted octanol–water partition coefficient (Wildman–Crippen LogP) is 2.18. The quantitative estimate of drug-likeness (QED) is 0.810. The summed E-state index contributed by atoms with van der Waals surface area (Å²) in [6.07, 6.45) is 0.676. The number of carbonyl (C=O) groups excluding carboxylic acids is 1. The van der Waals surface area contributed by atoms with E-state index in [0.717, 1.165) is 16.8 Å². The van der Waals surface area contributed by atoms with E-state index in [2.05, 4.69) is 10.6 Å². The molecule has 4 heteroatoms. The Morgan fingerprint density at radius 3 is 2.73 bits per heavy atom. The summed E-state index contributed by atoms with van der Waals surface area (Å²) in [5.74, 6) is -0.0847. The average molecular weight is 296 g/mol. The van der Waals surface area contributed by atoms with Crippen LogP contribution < -0.4 is 10.6 Å². The number of benzene rings is 2. The average Bonchev–Trinajstić information content (AvgIpc) is 2.99. The molecule has 0 saturated carbocycles. The molecular formula is C18H20N2O2. The monoisotopic (exact) mass is 296 g/mol. The second-order valence-electron chi connectivity index (χ2n) is 5.66. The Kier molecular flexibility index (Phi) is 4.11. The van der Waals surface area contributed by atoms with Gasteiger partial charge in [-0.2, -0.15) is 0 Å². The summed E-state index contributed by atoms with van der Waals surface area (Å²) in [5.41, 5.74) is 4.28. The van der Waals surface area contributed by atoms with Crippen molar-refractivity contribution in [2.45, 2.75) is 25.4 Å². The molecule has 2 aromatic rings. The summed E-state index contributed by atoms with van der Waals surface area (Å²) in [6.45, 7) is 1.92. The second-order valence-corrected chi connectivity index (χ2v) is 5.66. The van der Waals surface area contributed by atoms with Crippen LogP contribution in [0.25, 0.3) is 0 Å². The molecule has 3 N–H and O–H groups in total. The fraction of sp³-hybridized carbons (Fsp3) is 0.278. The van der Waals surface area contributed by atoms with Crippen LogP contribution in [0.4, 0.5) is 5.69 Å². The molecule has 2 atom stereocenters. The Morgan fingerprint density at radius 1 is 1.27 bits per heavy atom. The lowest BCUT2D eigenvalue weighted by atomic mass is 10.1. The van der Waals surface area contributed by atoms with Crippen molar-refractivity contribution in [2.24, 2.45) is 0 Å². The van der Waals surface area contributed by atoms with Crippen molar-refractivity contribution in [2.75, 3.05) is 11.9 Å². The maximum absolute atomic E-state index is 12.5. The van der Waals surface area contributed by atoms with Gasteiger partial charge in [-0.1, -0.05) is 48.5 Å². The minimum absolute atomic E-state index is 0.0847. The third kappa shape index (κ3) is 2.83. The van der Waals surface area contributed by atoms with E-state index in [1.165, 1.54) is 5.56 Å². The van der Waals surface area contributed by atoms with E-state index in [-0.39, 0.29) is 24.6 Å². The largest absolute Gasteiger partial charge is 0.394 e. The molecule has 22 heavy (non-hydrogen) atoms. The SMILES string of the molecule is Cc1cccc2c1NC(C(=O)NC(CO)c1ccccc1)C2. The van der Waals surface area contributed by atoms with Gasteiger partial charge >= 0.3 is 0 Å². The first kappa shape index (κ1) is 14.6. The molecule has 0 fully saturated rings. The van der Waals surface area contributed by atoms with E-state index >= 15 is 0 Å². The van der Waals surface area contributed by atoms with Crippen LogP contribution in [0.1, 0.15) is 22.7 Å². The van der Waals surface area contributed by atoms with E-state index < -0.39 is 0 Å². The third-order valence-corrected chi connectivity index (χ3v) is 4.12. The molecule has 1 aliphatic rings. The molecule has 0 spiro atoms. The van der Waals surface area contributed by atoms with Gasteiger partial charge in [-0.3, -0.25) is 4.79 Å². The Morgan fingerprint density at radius 2 is 2.05 bits per heavy atom. The molecular weight excluding hydrogens is 276 g/mol. The van der Waals surface area contributed by atoms with Gasteiger partial charge in [0.2, 0.25) is 5.91 Å². The number of aliphatic hydroxyl groups excluding tert-OH is 1. The van der Waals surface area contributed by atoms with Crippen molar-refractivity contribution in [1.82, 2.24) is 5.32 Å². The van der Waals surface area contributed by atoms with Gasteiger partial charge in [-0.05, 0) is 23.6 Å². The molecule has 1 aliphatic heterocycles. The Hall–Kier alpha value is -2.33. The number of rotatable bonds is 4. The van der Waals surface area contributed by atoms with Gasteiger partial charge in [0, 0.05) is 12.1 Å². The van der Waals surface area contributed by atoms with Crippen LogP contribution >= 0.6 is 0 Å². The first-order valence-corrected chi connectivity index (χ1v) is 7.50. The molecule has 0 saturated heterocycles. The highest BCUT2D eigenvalue weighted by atomic mass is 16.3. The fourth-order valence-corrected chi connectivity index (χ4v) is 2.90. The number of aryl methyl sites for hydroxylation is 1. The molecule has 114 valence electrons. The molecule has 1 amide bonds. The molecule has 0 aliphatic carbocycles. The standard InChI is InChI=1S/C18H20N2O2/c1-12-6-5-9-14-10-15(19-17(12)14)18(22)20-16(11-21)13-7-3-2-4-8-13/h2-9,15-16,19,21H,10-11H2,1H3,(H,20,22). The number of hydrogen-bond acceptors (Lipinski definition) is 3. The van der Waals surface area contributed by atoms with E-state index in [9.17, 15) is 9.90 Å². The Labute approximate surface area is 130 Å². The van der Waals surface area contributed by atoms with Crippen LogP contribution in [0.15, 0.2) is 48.5 Å². The number of hydrogen-bond donors (Lipinski definition) is 3. The zero-order chi connectivity index (χ0) is 15.5. The Balaban J connectivity index is 1.70. The van der Waals surface area contributed by atoms with Crippen LogP contribution in [-0.2, 0) is 11.2 Å². The van der Waals surface area contributed by atoms with Gasteiger partial charge in [-0.15, -0.1) is 0 Å². The summed E-state index contributed by atoms with van der Waals surface area (Å²) in [6, 6.07) is 15.0. The molecule has 1 heterocycles.